The molecule has 5 nitrogen and oxygen atoms in total. The van der Waals surface area contributed by atoms with Crippen molar-refractivity contribution in [2.45, 2.75) is 50.7 Å². The van der Waals surface area contributed by atoms with Crippen LogP contribution < -0.4 is 4.83 Å². The lowest BCUT2D eigenvalue weighted by molar-refractivity contribution is 0.415. The van der Waals surface area contributed by atoms with Gasteiger partial charge in [-0.05, 0) is 63.1 Å². The van der Waals surface area contributed by atoms with Crippen LogP contribution in [0.1, 0.15) is 42.1 Å². The summed E-state index contributed by atoms with van der Waals surface area (Å²) in [5, 5.41) is 5.09. The van der Waals surface area contributed by atoms with Crippen molar-refractivity contribution in [3.63, 3.8) is 0 Å². The van der Waals surface area contributed by atoms with E-state index in [1.807, 2.05) is 19.1 Å². The number of sulfonamides is 1. The summed E-state index contributed by atoms with van der Waals surface area (Å²) in [7, 11) is -3.80. The van der Waals surface area contributed by atoms with E-state index in [1.54, 1.807) is 36.4 Å². The summed E-state index contributed by atoms with van der Waals surface area (Å²) in [6, 6.07) is 22.8. The summed E-state index contributed by atoms with van der Waals surface area (Å²) >= 11 is 6.11. The monoisotopic (exact) mass is 481 g/mol. The van der Waals surface area contributed by atoms with Crippen molar-refractivity contribution < 1.29 is 8.42 Å². The number of aryl methyl sites for hydroxylation is 2. The molecule has 3 aromatic carbocycles. The van der Waals surface area contributed by atoms with Crippen molar-refractivity contribution in [2.24, 2.45) is 5.10 Å². The van der Waals surface area contributed by atoms with Gasteiger partial charge in [-0.1, -0.05) is 71.3 Å². The van der Waals surface area contributed by atoms with Crippen molar-refractivity contribution in [1.82, 2.24) is 9.73 Å². The number of hydrogen-bond acceptors (Lipinski definition) is 4. The zero-order chi connectivity index (χ0) is 23.8. The van der Waals surface area contributed by atoms with Gasteiger partial charge in [-0.15, -0.1) is 0 Å². The van der Waals surface area contributed by atoms with Crippen LogP contribution in [0.3, 0.4) is 0 Å². The predicted molar refractivity (Wildman–Crippen MR) is 134 cm³/mol. The molecule has 7 heteroatoms. The van der Waals surface area contributed by atoms with Gasteiger partial charge in [0.25, 0.3) is 10.0 Å². The van der Waals surface area contributed by atoms with Gasteiger partial charge in [0.15, 0.2) is 0 Å². The maximum Gasteiger partial charge on any atom is 0.276 e. The molecule has 1 heterocycles. The van der Waals surface area contributed by atoms with Gasteiger partial charge in [-0.2, -0.15) is 18.4 Å². The standard InChI is InChI=1S/C26H28ClN3O2S/c1-17(2)30-25(21-9-5-18(3)6-10-21)26(30)24(20-11-13-22(27)14-12-20)28-29-33(31,32)23-15-7-19(4)8-16-23/h5-17,25-26,29H,1-4H3/b28-24-/t25-,26+,30?/m0/s1. The highest BCUT2D eigenvalue weighted by molar-refractivity contribution is 7.89. The first-order valence-corrected chi connectivity index (χ1v) is 12.8. The van der Waals surface area contributed by atoms with Gasteiger partial charge in [0, 0.05) is 11.1 Å². The molecule has 0 aromatic heterocycles. The average molecular weight is 482 g/mol. The highest BCUT2D eigenvalue weighted by atomic mass is 35.5. The SMILES string of the molecule is Cc1ccc([C@H]2[C@@H](/C(=N\NS(=O)(=O)c3ccc(C)cc3)c3ccc(Cl)cc3)N2C(C)C)cc1. The normalized spacial score (nSPS) is 20.7. The van der Waals surface area contributed by atoms with Crippen LogP contribution in [0.25, 0.3) is 0 Å². The van der Waals surface area contributed by atoms with Crippen molar-refractivity contribution >= 4 is 27.3 Å². The molecule has 1 unspecified atom stereocenters. The molecule has 0 spiro atoms. The molecular weight excluding hydrogens is 454 g/mol. The molecule has 3 aromatic rings. The number of rotatable bonds is 7. The first-order chi connectivity index (χ1) is 15.7. The molecule has 0 aliphatic carbocycles. The molecule has 4 rings (SSSR count). The Hall–Kier alpha value is -2.67. The second-order valence-electron chi connectivity index (χ2n) is 8.75. The summed E-state index contributed by atoms with van der Waals surface area (Å²) < 4.78 is 25.9. The number of nitrogens with zero attached hydrogens (tertiary/aromatic N) is 2. The molecule has 33 heavy (non-hydrogen) atoms. The largest absolute Gasteiger partial charge is 0.282 e. The van der Waals surface area contributed by atoms with Crippen LogP contribution in [0.2, 0.25) is 5.02 Å². The highest BCUT2D eigenvalue weighted by Crippen LogP contribution is 2.46. The Bertz CT molecular complexity index is 1250. The zero-order valence-corrected chi connectivity index (χ0v) is 20.7. The van der Waals surface area contributed by atoms with Gasteiger partial charge >= 0.3 is 0 Å². The third-order valence-corrected chi connectivity index (χ3v) is 7.38. The Labute approximate surface area is 201 Å². The Morgan fingerprint density at radius 2 is 1.45 bits per heavy atom. The quantitative estimate of drug-likeness (QED) is 0.276. The molecule has 1 saturated heterocycles. The van der Waals surface area contributed by atoms with E-state index in [2.05, 4.69) is 59.9 Å². The fourth-order valence-corrected chi connectivity index (χ4v) is 5.04. The molecule has 0 bridgehead atoms. The Kier molecular flexibility index (Phi) is 6.61. The minimum atomic E-state index is -3.80. The average Bonchev–Trinajstić information content (AvgIpc) is 3.51. The first-order valence-electron chi connectivity index (χ1n) is 10.9. The molecule has 1 aliphatic rings. The minimum Gasteiger partial charge on any atom is -0.282 e. The zero-order valence-electron chi connectivity index (χ0n) is 19.2. The maximum absolute atomic E-state index is 12.9. The lowest BCUT2D eigenvalue weighted by Gasteiger charge is -2.11. The molecule has 3 atom stereocenters. The Morgan fingerprint density at radius 1 is 0.909 bits per heavy atom. The van der Waals surface area contributed by atoms with E-state index < -0.39 is 10.0 Å². The van der Waals surface area contributed by atoms with Gasteiger partial charge in [0.2, 0.25) is 0 Å². The lowest BCUT2D eigenvalue weighted by Crippen LogP contribution is -2.25. The third kappa shape index (κ3) is 5.13. The van der Waals surface area contributed by atoms with Crippen molar-refractivity contribution in [1.29, 1.82) is 0 Å². The topological polar surface area (TPSA) is 61.5 Å². The number of nitrogens with one attached hydrogen (secondary N) is 1. The van der Waals surface area contributed by atoms with Crippen LogP contribution in [0.15, 0.2) is 82.8 Å². The fraction of sp³-hybridized carbons (Fsp3) is 0.269. The van der Waals surface area contributed by atoms with E-state index >= 15 is 0 Å². The van der Waals surface area contributed by atoms with Gasteiger partial charge in [-0.25, -0.2) is 0 Å². The first kappa shape index (κ1) is 23.5. The lowest BCUT2D eigenvalue weighted by atomic mass is 10.0. The molecule has 0 saturated carbocycles. The van der Waals surface area contributed by atoms with Crippen molar-refractivity contribution in [3.8, 4) is 0 Å². The summed E-state index contributed by atoms with van der Waals surface area (Å²) in [5.74, 6) is 0. The van der Waals surface area contributed by atoms with Gasteiger partial charge in [-0.3, -0.25) is 4.90 Å². The molecule has 1 fully saturated rings. The maximum atomic E-state index is 12.9. The minimum absolute atomic E-state index is 0.0606. The summed E-state index contributed by atoms with van der Waals surface area (Å²) in [6.45, 7) is 8.25. The number of halogens is 1. The summed E-state index contributed by atoms with van der Waals surface area (Å²) in [5.41, 5.74) is 4.87. The van der Waals surface area contributed by atoms with Crippen molar-refractivity contribution in [2.75, 3.05) is 0 Å². The van der Waals surface area contributed by atoms with E-state index in [0.29, 0.717) is 10.7 Å². The number of hydrogen-bond donors (Lipinski definition) is 1. The van der Waals surface area contributed by atoms with Crippen LogP contribution in [0.4, 0.5) is 0 Å². The van der Waals surface area contributed by atoms with E-state index in [1.165, 1.54) is 11.1 Å². The second kappa shape index (κ2) is 9.29. The molecule has 1 aliphatic heterocycles. The van der Waals surface area contributed by atoms with E-state index in [4.69, 9.17) is 11.6 Å². The van der Waals surface area contributed by atoms with E-state index in [0.717, 1.165) is 11.1 Å². The van der Waals surface area contributed by atoms with E-state index in [9.17, 15) is 8.42 Å². The van der Waals surface area contributed by atoms with Gasteiger partial charge < -0.3 is 0 Å². The summed E-state index contributed by atoms with van der Waals surface area (Å²) in [6.07, 6.45) is 0. The van der Waals surface area contributed by atoms with E-state index in [-0.39, 0.29) is 23.0 Å². The van der Waals surface area contributed by atoms with Gasteiger partial charge in [0.05, 0.1) is 22.7 Å². The number of hydrazone groups is 1. The molecular formula is C26H28ClN3O2S. The Morgan fingerprint density at radius 3 is 2.00 bits per heavy atom. The Balaban J connectivity index is 1.72. The van der Waals surface area contributed by atoms with Crippen LogP contribution in [0.5, 0.6) is 0 Å². The fourth-order valence-electron chi connectivity index (χ4n) is 4.10. The van der Waals surface area contributed by atoms with Crippen LogP contribution in [-0.2, 0) is 10.0 Å². The van der Waals surface area contributed by atoms with Crippen LogP contribution >= 0.6 is 11.6 Å². The smallest absolute Gasteiger partial charge is 0.276 e. The summed E-state index contributed by atoms with van der Waals surface area (Å²) in [4.78, 5) is 4.98. The highest BCUT2D eigenvalue weighted by Gasteiger charge is 2.53. The van der Waals surface area contributed by atoms with Crippen LogP contribution in [0, 0.1) is 13.8 Å². The molecule has 1 N–H and O–H groups in total. The van der Waals surface area contributed by atoms with Crippen molar-refractivity contribution in [3.05, 3.63) is 100 Å². The molecule has 0 amide bonds. The molecule has 172 valence electrons. The second-order valence-corrected chi connectivity index (χ2v) is 10.9. The number of benzene rings is 3. The van der Waals surface area contributed by atoms with Gasteiger partial charge in [0.1, 0.15) is 0 Å². The van der Waals surface area contributed by atoms with Crippen LogP contribution in [-0.4, -0.2) is 31.1 Å². The molecule has 0 radical (unpaired) electrons. The third-order valence-electron chi connectivity index (χ3n) is 5.90. The predicted octanol–water partition coefficient (Wildman–Crippen LogP) is 5.47.